The fourth-order valence-corrected chi connectivity index (χ4v) is 1.83. The number of sulfonamides is 1. The van der Waals surface area contributed by atoms with E-state index >= 15 is 0 Å². The van der Waals surface area contributed by atoms with Gasteiger partial charge in [-0.2, -0.15) is 4.39 Å². The summed E-state index contributed by atoms with van der Waals surface area (Å²) in [6.45, 7) is 1.53. The maximum absolute atomic E-state index is 13.5. The largest absolute Gasteiger partial charge is 0.481 e. The summed E-state index contributed by atoms with van der Waals surface area (Å²) < 4.78 is 53.5. The Hall–Kier alpha value is -1.74. The number of benzene rings is 1. The Morgan fingerprint density at radius 3 is 2.53 bits per heavy atom. The van der Waals surface area contributed by atoms with Crippen molar-refractivity contribution in [2.45, 2.75) is 11.8 Å². The van der Waals surface area contributed by atoms with E-state index in [4.69, 9.17) is 9.88 Å². The van der Waals surface area contributed by atoms with Gasteiger partial charge in [-0.05, 0) is 19.1 Å². The standard InChI is InChI=1S/C10H12F2N2O4S/c1-2-14-8(15)5-18-6-3-4-7(19(13,16)17)10(12)9(6)11/h3-4H,2,5H2,1H3,(H,14,15)(H2,13,16,17). The van der Waals surface area contributed by atoms with Gasteiger partial charge in [0.1, 0.15) is 4.90 Å². The molecule has 0 heterocycles. The molecule has 106 valence electrons. The molecule has 0 aliphatic carbocycles. The van der Waals surface area contributed by atoms with Gasteiger partial charge in [0.05, 0.1) is 0 Å². The number of ether oxygens (including phenoxy) is 1. The molecule has 0 radical (unpaired) electrons. The van der Waals surface area contributed by atoms with E-state index in [2.05, 4.69) is 5.32 Å². The molecule has 1 amide bonds. The molecule has 1 aromatic rings. The van der Waals surface area contributed by atoms with Gasteiger partial charge < -0.3 is 10.1 Å². The zero-order valence-corrected chi connectivity index (χ0v) is 10.8. The lowest BCUT2D eigenvalue weighted by molar-refractivity contribution is -0.123. The van der Waals surface area contributed by atoms with Crippen molar-refractivity contribution in [2.75, 3.05) is 13.2 Å². The predicted octanol–water partition coefficient (Wildman–Crippen LogP) is 0.127. The van der Waals surface area contributed by atoms with Crippen LogP contribution in [0.15, 0.2) is 17.0 Å². The fraction of sp³-hybridized carbons (Fsp3) is 0.300. The molecule has 0 aliphatic rings. The summed E-state index contributed by atoms with van der Waals surface area (Å²) in [5.74, 6) is -4.25. The summed E-state index contributed by atoms with van der Waals surface area (Å²) >= 11 is 0. The van der Waals surface area contributed by atoms with Crippen LogP contribution in [-0.4, -0.2) is 27.5 Å². The number of carbonyl (C=O) groups excluding carboxylic acids is 1. The summed E-state index contributed by atoms with van der Waals surface area (Å²) in [6.07, 6.45) is 0. The predicted molar refractivity (Wildman–Crippen MR) is 61.9 cm³/mol. The van der Waals surface area contributed by atoms with Crippen LogP contribution in [0.3, 0.4) is 0 Å². The van der Waals surface area contributed by atoms with Crippen molar-refractivity contribution in [3.63, 3.8) is 0 Å². The van der Waals surface area contributed by atoms with Crippen LogP contribution in [0.25, 0.3) is 0 Å². The van der Waals surface area contributed by atoms with Crippen molar-refractivity contribution < 1.29 is 26.7 Å². The number of halogens is 2. The van der Waals surface area contributed by atoms with E-state index in [-0.39, 0.29) is 0 Å². The molecule has 19 heavy (non-hydrogen) atoms. The monoisotopic (exact) mass is 294 g/mol. The van der Waals surface area contributed by atoms with Gasteiger partial charge in [0.2, 0.25) is 15.8 Å². The van der Waals surface area contributed by atoms with Gasteiger partial charge in [0, 0.05) is 6.54 Å². The summed E-state index contributed by atoms with van der Waals surface area (Å²) in [5, 5.41) is 7.09. The molecule has 0 fully saturated rings. The second-order valence-electron chi connectivity index (χ2n) is 3.48. The summed E-state index contributed by atoms with van der Waals surface area (Å²) in [6, 6.07) is 1.65. The van der Waals surface area contributed by atoms with Crippen LogP contribution in [0.5, 0.6) is 5.75 Å². The van der Waals surface area contributed by atoms with Crippen LogP contribution in [0.4, 0.5) is 8.78 Å². The minimum Gasteiger partial charge on any atom is -0.481 e. The maximum Gasteiger partial charge on any atom is 0.257 e. The highest BCUT2D eigenvalue weighted by atomic mass is 32.2. The Labute approximate surface area is 108 Å². The van der Waals surface area contributed by atoms with Crippen molar-refractivity contribution in [3.8, 4) is 5.75 Å². The second-order valence-corrected chi connectivity index (χ2v) is 5.01. The lowest BCUT2D eigenvalue weighted by atomic mass is 10.3. The molecule has 0 saturated heterocycles. The van der Waals surface area contributed by atoms with E-state index in [9.17, 15) is 22.0 Å². The van der Waals surface area contributed by atoms with Crippen molar-refractivity contribution in [3.05, 3.63) is 23.8 Å². The maximum atomic E-state index is 13.5. The Bertz CT molecular complexity index is 589. The molecule has 0 aliphatic heterocycles. The molecule has 3 N–H and O–H groups in total. The van der Waals surface area contributed by atoms with Gasteiger partial charge >= 0.3 is 0 Å². The number of nitrogens with two attached hydrogens (primary N) is 1. The second kappa shape index (κ2) is 5.93. The Kier molecular flexibility index (Phi) is 4.78. The number of likely N-dealkylation sites (N-methyl/N-ethyl adjacent to an activating group) is 1. The average molecular weight is 294 g/mol. The summed E-state index contributed by atoms with van der Waals surface area (Å²) in [7, 11) is -4.36. The highest BCUT2D eigenvalue weighted by molar-refractivity contribution is 7.89. The molecule has 0 unspecified atom stereocenters. The van der Waals surface area contributed by atoms with Gasteiger partial charge in [-0.3, -0.25) is 4.79 Å². The first kappa shape index (κ1) is 15.3. The van der Waals surface area contributed by atoms with E-state index in [0.29, 0.717) is 6.54 Å². The van der Waals surface area contributed by atoms with E-state index < -0.39 is 44.8 Å². The van der Waals surface area contributed by atoms with Crippen LogP contribution < -0.4 is 15.2 Å². The van der Waals surface area contributed by atoms with Crippen LogP contribution in [-0.2, 0) is 14.8 Å². The van der Waals surface area contributed by atoms with Crippen LogP contribution in [0.2, 0.25) is 0 Å². The topological polar surface area (TPSA) is 98.5 Å². The first-order valence-electron chi connectivity index (χ1n) is 5.17. The van der Waals surface area contributed by atoms with Gasteiger partial charge in [0.15, 0.2) is 18.2 Å². The first-order valence-corrected chi connectivity index (χ1v) is 6.72. The molecule has 9 heteroatoms. The van der Waals surface area contributed by atoms with Crippen LogP contribution >= 0.6 is 0 Å². The number of primary sulfonamides is 1. The van der Waals surface area contributed by atoms with Gasteiger partial charge in [-0.1, -0.05) is 0 Å². The minimum absolute atomic E-state index is 0.364. The van der Waals surface area contributed by atoms with E-state index in [1.54, 1.807) is 6.92 Å². The zero-order chi connectivity index (χ0) is 14.6. The van der Waals surface area contributed by atoms with Crippen LogP contribution in [0, 0.1) is 11.6 Å². The molecular weight excluding hydrogens is 282 g/mol. The molecule has 0 bridgehead atoms. The fourth-order valence-electron chi connectivity index (χ4n) is 1.24. The third-order valence-corrected chi connectivity index (χ3v) is 2.98. The van der Waals surface area contributed by atoms with E-state index in [1.165, 1.54) is 0 Å². The molecule has 0 saturated carbocycles. The molecular formula is C10H12F2N2O4S. The molecule has 1 rings (SSSR count). The minimum atomic E-state index is -4.36. The Morgan fingerprint density at radius 2 is 2.00 bits per heavy atom. The quantitative estimate of drug-likeness (QED) is 0.806. The Balaban J connectivity index is 2.95. The molecule has 1 aromatic carbocycles. The van der Waals surface area contributed by atoms with Crippen LogP contribution in [0.1, 0.15) is 6.92 Å². The molecule has 0 aromatic heterocycles. The Morgan fingerprint density at radius 1 is 1.37 bits per heavy atom. The number of nitrogens with one attached hydrogen (secondary N) is 1. The number of hydrogen-bond donors (Lipinski definition) is 2. The lowest BCUT2D eigenvalue weighted by Gasteiger charge is -2.09. The van der Waals surface area contributed by atoms with E-state index in [0.717, 1.165) is 12.1 Å². The third kappa shape index (κ3) is 3.86. The zero-order valence-electron chi connectivity index (χ0n) is 9.94. The van der Waals surface area contributed by atoms with E-state index in [1.807, 2.05) is 0 Å². The highest BCUT2D eigenvalue weighted by Gasteiger charge is 2.21. The first-order chi connectivity index (χ1) is 8.77. The molecule has 0 spiro atoms. The smallest absolute Gasteiger partial charge is 0.257 e. The average Bonchev–Trinajstić information content (AvgIpc) is 2.29. The van der Waals surface area contributed by atoms with Gasteiger partial charge in [-0.15, -0.1) is 0 Å². The number of carbonyl (C=O) groups is 1. The lowest BCUT2D eigenvalue weighted by Crippen LogP contribution is -2.28. The number of amides is 1. The van der Waals surface area contributed by atoms with Gasteiger partial charge in [-0.25, -0.2) is 17.9 Å². The normalized spacial score (nSPS) is 11.2. The number of rotatable bonds is 5. The summed E-state index contributed by atoms with van der Waals surface area (Å²) in [5.41, 5.74) is 0. The number of hydrogen-bond acceptors (Lipinski definition) is 4. The van der Waals surface area contributed by atoms with Gasteiger partial charge in [0.25, 0.3) is 5.91 Å². The highest BCUT2D eigenvalue weighted by Crippen LogP contribution is 2.24. The summed E-state index contributed by atoms with van der Waals surface area (Å²) in [4.78, 5) is 10.1. The van der Waals surface area contributed by atoms with Crippen molar-refractivity contribution in [1.82, 2.24) is 5.32 Å². The van der Waals surface area contributed by atoms with Crippen molar-refractivity contribution in [1.29, 1.82) is 0 Å². The van der Waals surface area contributed by atoms with Crippen molar-refractivity contribution >= 4 is 15.9 Å². The SMILES string of the molecule is CCNC(=O)COc1ccc(S(N)(=O)=O)c(F)c1F. The molecule has 6 nitrogen and oxygen atoms in total. The van der Waals surface area contributed by atoms with Crippen molar-refractivity contribution in [2.24, 2.45) is 5.14 Å². The third-order valence-electron chi connectivity index (χ3n) is 2.05. The molecule has 0 atom stereocenters.